The van der Waals surface area contributed by atoms with Crippen LogP contribution in [0.2, 0.25) is 0 Å². The van der Waals surface area contributed by atoms with Crippen LogP contribution in [0.3, 0.4) is 0 Å². The molecular weight excluding hydrogens is 274 g/mol. The van der Waals surface area contributed by atoms with E-state index in [0.29, 0.717) is 25.3 Å². The van der Waals surface area contributed by atoms with E-state index in [1.165, 1.54) is 14.2 Å². The van der Waals surface area contributed by atoms with Crippen molar-refractivity contribution in [2.75, 3.05) is 52.0 Å². The van der Waals surface area contributed by atoms with Gasteiger partial charge in [-0.15, -0.1) is 0 Å². The quantitative estimate of drug-likeness (QED) is 0.759. The highest BCUT2D eigenvalue weighted by molar-refractivity contribution is 5.94. The van der Waals surface area contributed by atoms with Crippen molar-refractivity contribution in [3.63, 3.8) is 0 Å². The first-order valence-corrected chi connectivity index (χ1v) is 6.87. The third kappa shape index (κ3) is 4.38. The number of nitrogens with zero attached hydrogens (tertiary/aromatic N) is 2. The van der Waals surface area contributed by atoms with Gasteiger partial charge in [-0.05, 0) is 12.1 Å². The van der Waals surface area contributed by atoms with Crippen LogP contribution in [0.25, 0.3) is 0 Å². The Morgan fingerprint density at radius 3 is 2.81 bits per heavy atom. The number of amides is 1. The highest BCUT2D eigenvalue weighted by atomic mass is 16.7. The van der Waals surface area contributed by atoms with Crippen molar-refractivity contribution >= 4 is 11.7 Å². The molecule has 0 aromatic carbocycles. The molecule has 1 N–H and O–H groups in total. The molecule has 1 saturated heterocycles. The van der Waals surface area contributed by atoms with E-state index in [-0.39, 0.29) is 5.91 Å². The molecule has 0 aliphatic carbocycles. The second-order valence-electron chi connectivity index (χ2n) is 4.61. The second kappa shape index (κ2) is 7.92. The van der Waals surface area contributed by atoms with E-state index in [2.05, 4.69) is 15.2 Å². The van der Waals surface area contributed by atoms with Crippen LogP contribution in [0.5, 0.6) is 0 Å². The van der Waals surface area contributed by atoms with E-state index in [1.807, 2.05) is 0 Å². The lowest BCUT2D eigenvalue weighted by Crippen LogP contribution is -2.37. The third-order valence-electron chi connectivity index (χ3n) is 3.30. The molecule has 0 bridgehead atoms. The Bertz CT molecular complexity index is 459. The lowest BCUT2D eigenvalue weighted by Gasteiger charge is -2.27. The van der Waals surface area contributed by atoms with Crippen molar-refractivity contribution in [1.29, 1.82) is 0 Å². The molecule has 0 saturated carbocycles. The number of hydrogen-bond donors (Lipinski definition) is 1. The fraction of sp³-hybridized carbons (Fsp3) is 0.571. The summed E-state index contributed by atoms with van der Waals surface area (Å²) in [5.41, 5.74) is 0.567. The number of anilines is 1. The molecular formula is C14H21N3O4. The summed E-state index contributed by atoms with van der Waals surface area (Å²) in [4.78, 5) is 18.5. The molecule has 2 heterocycles. The van der Waals surface area contributed by atoms with Gasteiger partial charge in [-0.2, -0.15) is 0 Å². The van der Waals surface area contributed by atoms with E-state index in [1.54, 1.807) is 18.3 Å². The maximum atomic E-state index is 12.1. The average molecular weight is 295 g/mol. The molecule has 0 unspecified atom stereocenters. The number of aromatic nitrogens is 1. The topological polar surface area (TPSA) is 72.9 Å². The summed E-state index contributed by atoms with van der Waals surface area (Å²) < 4.78 is 15.4. The number of methoxy groups -OCH3 is 2. The monoisotopic (exact) mass is 295 g/mol. The number of morpholine rings is 1. The zero-order valence-corrected chi connectivity index (χ0v) is 12.4. The standard InChI is InChI=1S/C14H21N3O4/c1-19-13(20-2)10-16-14(18)11-3-4-15-12(9-11)17-5-7-21-8-6-17/h3-4,9,13H,5-8,10H2,1-2H3,(H,16,18). The Morgan fingerprint density at radius 1 is 1.43 bits per heavy atom. The van der Waals surface area contributed by atoms with Gasteiger partial charge in [0.2, 0.25) is 0 Å². The highest BCUT2D eigenvalue weighted by Gasteiger charge is 2.15. The van der Waals surface area contributed by atoms with Crippen LogP contribution in [-0.4, -0.2) is 64.2 Å². The zero-order valence-electron chi connectivity index (χ0n) is 12.4. The van der Waals surface area contributed by atoms with Crippen molar-refractivity contribution in [2.45, 2.75) is 6.29 Å². The molecule has 0 atom stereocenters. The minimum absolute atomic E-state index is 0.175. The SMILES string of the molecule is COC(CNC(=O)c1ccnc(N2CCOCC2)c1)OC. The predicted molar refractivity (Wildman–Crippen MR) is 77.4 cm³/mol. The smallest absolute Gasteiger partial charge is 0.251 e. The van der Waals surface area contributed by atoms with Gasteiger partial charge in [0.25, 0.3) is 5.91 Å². The lowest BCUT2D eigenvalue weighted by molar-refractivity contribution is -0.0974. The minimum Gasteiger partial charge on any atom is -0.378 e. The Balaban J connectivity index is 1.97. The number of carbonyl (C=O) groups excluding carboxylic acids is 1. The van der Waals surface area contributed by atoms with Gasteiger partial charge in [0, 0.05) is 39.1 Å². The van der Waals surface area contributed by atoms with Gasteiger partial charge in [-0.1, -0.05) is 0 Å². The van der Waals surface area contributed by atoms with Crippen LogP contribution < -0.4 is 10.2 Å². The number of carbonyl (C=O) groups is 1. The Hall–Kier alpha value is -1.70. The van der Waals surface area contributed by atoms with Crippen LogP contribution in [0.15, 0.2) is 18.3 Å². The van der Waals surface area contributed by atoms with Gasteiger partial charge >= 0.3 is 0 Å². The van der Waals surface area contributed by atoms with Crippen LogP contribution in [-0.2, 0) is 14.2 Å². The first kappa shape index (κ1) is 15.7. The fourth-order valence-electron chi connectivity index (χ4n) is 2.07. The molecule has 1 fully saturated rings. The minimum atomic E-state index is -0.450. The van der Waals surface area contributed by atoms with E-state index >= 15 is 0 Å². The van der Waals surface area contributed by atoms with Gasteiger partial charge in [-0.3, -0.25) is 4.79 Å². The summed E-state index contributed by atoms with van der Waals surface area (Å²) in [5.74, 6) is 0.618. The van der Waals surface area contributed by atoms with Crippen LogP contribution in [0.1, 0.15) is 10.4 Å². The van der Waals surface area contributed by atoms with Gasteiger partial charge in [0.15, 0.2) is 6.29 Å². The molecule has 1 amide bonds. The molecule has 1 aromatic heterocycles. The normalized spacial score (nSPS) is 15.3. The number of nitrogens with one attached hydrogen (secondary N) is 1. The Kier molecular flexibility index (Phi) is 5.91. The van der Waals surface area contributed by atoms with Crippen LogP contribution in [0.4, 0.5) is 5.82 Å². The molecule has 1 aliphatic rings. The summed E-state index contributed by atoms with van der Waals surface area (Å²) in [6, 6.07) is 3.48. The molecule has 1 aliphatic heterocycles. The average Bonchev–Trinajstić information content (AvgIpc) is 2.56. The van der Waals surface area contributed by atoms with E-state index < -0.39 is 6.29 Å². The maximum absolute atomic E-state index is 12.1. The van der Waals surface area contributed by atoms with Gasteiger partial charge in [-0.25, -0.2) is 4.98 Å². The van der Waals surface area contributed by atoms with E-state index in [4.69, 9.17) is 14.2 Å². The molecule has 7 nitrogen and oxygen atoms in total. The third-order valence-corrected chi connectivity index (χ3v) is 3.30. The first-order valence-electron chi connectivity index (χ1n) is 6.87. The lowest BCUT2D eigenvalue weighted by atomic mass is 10.2. The van der Waals surface area contributed by atoms with Crippen molar-refractivity contribution in [3.05, 3.63) is 23.9 Å². The maximum Gasteiger partial charge on any atom is 0.251 e. The molecule has 0 radical (unpaired) electrons. The highest BCUT2D eigenvalue weighted by Crippen LogP contribution is 2.14. The van der Waals surface area contributed by atoms with Crippen LogP contribution >= 0.6 is 0 Å². The summed E-state index contributed by atoms with van der Waals surface area (Å²) in [6.45, 7) is 3.23. The van der Waals surface area contributed by atoms with E-state index in [0.717, 1.165) is 18.9 Å². The molecule has 7 heteroatoms. The molecule has 2 rings (SSSR count). The number of pyridine rings is 1. The second-order valence-corrected chi connectivity index (χ2v) is 4.61. The molecule has 21 heavy (non-hydrogen) atoms. The number of ether oxygens (including phenoxy) is 3. The van der Waals surface area contributed by atoms with Gasteiger partial charge in [0.05, 0.1) is 19.8 Å². The summed E-state index contributed by atoms with van der Waals surface area (Å²) in [7, 11) is 3.06. The van der Waals surface area contributed by atoms with Crippen LogP contribution in [0, 0.1) is 0 Å². The fourth-order valence-corrected chi connectivity index (χ4v) is 2.07. The van der Waals surface area contributed by atoms with Crippen molar-refractivity contribution in [1.82, 2.24) is 10.3 Å². The van der Waals surface area contributed by atoms with Gasteiger partial charge in [0.1, 0.15) is 5.82 Å². The van der Waals surface area contributed by atoms with E-state index in [9.17, 15) is 4.79 Å². The predicted octanol–water partition coefficient (Wildman–Crippen LogP) is 0.267. The zero-order chi connectivity index (χ0) is 15.1. The first-order chi connectivity index (χ1) is 10.2. The summed E-state index contributed by atoms with van der Waals surface area (Å²) in [6.07, 6.45) is 1.19. The largest absolute Gasteiger partial charge is 0.378 e. The molecule has 1 aromatic rings. The number of hydrogen-bond acceptors (Lipinski definition) is 6. The molecule has 116 valence electrons. The van der Waals surface area contributed by atoms with Gasteiger partial charge < -0.3 is 24.4 Å². The van der Waals surface area contributed by atoms with Crippen molar-refractivity contribution < 1.29 is 19.0 Å². The van der Waals surface area contributed by atoms with Crippen molar-refractivity contribution in [2.24, 2.45) is 0 Å². The molecule has 0 spiro atoms. The summed E-state index contributed by atoms with van der Waals surface area (Å²) in [5, 5.41) is 2.77. The number of rotatable bonds is 6. The summed E-state index contributed by atoms with van der Waals surface area (Å²) >= 11 is 0. The van der Waals surface area contributed by atoms with Crippen molar-refractivity contribution in [3.8, 4) is 0 Å². The Morgan fingerprint density at radius 2 is 2.14 bits per heavy atom. The Labute approximate surface area is 124 Å².